The van der Waals surface area contributed by atoms with Crippen LogP contribution in [0.2, 0.25) is 0 Å². The molecule has 0 bridgehead atoms. The molecule has 0 N–H and O–H groups in total. The normalized spacial score (nSPS) is 15.8. The van der Waals surface area contributed by atoms with E-state index in [4.69, 9.17) is 6.42 Å². The molecular formula is C18H23NO2S. The van der Waals surface area contributed by atoms with Gasteiger partial charge in [-0.2, -0.15) is 0 Å². The zero-order chi connectivity index (χ0) is 16.0. The summed E-state index contributed by atoms with van der Waals surface area (Å²) in [6.45, 7) is 2.50. The molecule has 1 aliphatic rings. The number of hydrogen-bond donors (Lipinski definition) is 0. The van der Waals surface area contributed by atoms with E-state index in [0.29, 0.717) is 11.4 Å². The first-order chi connectivity index (χ1) is 10.5. The van der Waals surface area contributed by atoms with E-state index >= 15 is 0 Å². The SMILES string of the molecule is C#CCCCC1=CN(S(=O)(=O)c2ccc(C)cc2)CCCC1. The van der Waals surface area contributed by atoms with E-state index in [1.807, 2.05) is 25.3 Å². The summed E-state index contributed by atoms with van der Waals surface area (Å²) in [7, 11) is -3.45. The van der Waals surface area contributed by atoms with Crippen molar-refractivity contribution in [2.75, 3.05) is 6.54 Å². The highest BCUT2D eigenvalue weighted by molar-refractivity contribution is 7.89. The van der Waals surface area contributed by atoms with Crippen molar-refractivity contribution in [2.24, 2.45) is 0 Å². The van der Waals surface area contributed by atoms with Crippen LogP contribution in [0.4, 0.5) is 0 Å². The number of terminal acetylenes is 1. The monoisotopic (exact) mass is 317 g/mol. The zero-order valence-electron chi connectivity index (χ0n) is 13.1. The summed E-state index contributed by atoms with van der Waals surface area (Å²) in [4.78, 5) is 0.360. The van der Waals surface area contributed by atoms with Crippen LogP contribution < -0.4 is 0 Å². The first-order valence-electron chi connectivity index (χ1n) is 7.75. The lowest BCUT2D eigenvalue weighted by molar-refractivity contribution is 0.491. The number of allylic oxidation sites excluding steroid dienone is 1. The van der Waals surface area contributed by atoms with E-state index in [-0.39, 0.29) is 0 Å². The van der Waals surface area contributed by atoms with Crippen molar-refractivity contribution in [3.05, 3.63) is 41.6 Å². The minimum absolute atomic E-state index is 0.360. The Morgan fingerprint density at radius 3 is 2.64 bits per heavy atom. The van der Waals surface area contributed by atoms with Gasteiger partial charge in [-0.15, -0.1) is 12.3 Å². The van der Waals surface area contributed by atoms with Crippen molar-refractivity contribution >= 4 is 10.0 Å². The van der Waals surface area contributed by atoms with Gasteiger partial charge in [-0.3, -0.25) is 4.31 Å². The average molecular weight is 317 g/mol. The predicted molar refractivity (Wildman–Crippen MR) is 89.7 cm³/mol. The quantitative estimate of drug-likeness (QED) is 0.611. The van der Waals surface area contributed by atoms with Crippen LogP contribution in [0, 0.1) is 19.3 Å². The predicted octanol–water partition coefficient (Wildman–Crippen LogP) is 3.86. The molecule has 4 heteroatoms. The Morgan fingerprint density at radius 2 is 1.95 bits per heavy atom. The van der Waals surface area contributed by atoms with E-state index in [1.165, 1.54) is 9.88 Å². The molecule has 118 valence electrons. The van der Waals surface area contributed by atoms with E-state index in [9.17, 15) is 8.42 Å². The van der Waals surface area contributed by atoms with Gasteiger partial charge in [-0.25, -0.2) is 8.42 Å². The number of nitrogens with zero attached hydrogens (tertiary/aromatic N) is 1. The smallest absolute Gasteiger partial charge is 0.263 e. The molecule has 22 heavy (non-hydrogen) atoms. The first-order valence-corrected chi connectivity index (χ1v) is 9.19. The van der Waals surface area contributed by atoms with Gasteiger partial charge in [0, 0.05) is 19.2 Å². The summed E-state index contributed by atoms with van der Waals surface area (Å²) >= 11 is 0. The molecule has 0 aliphatic carbocycles. The molecule has 0 atom stereocenters. The molecule has 3 nitrogen and oxygen atoms in total. The third-order valence-corrected chi connectivity index (χ3v) is 5.67. The van der Waals surface area contributed by atoms with Crippen LogP contribution in [0.25, 0.3) is 0 Å². The summed E-state index contributed by atoms with van der Waals surface area (Å²) in [5, 5.41) is 0. The van der Waals surface area contributed by atoms with Crippen LogP contribution in [0.15, 0.2) is 40.9 Å². The number of unbranched alkanes of at least 4 members (excludes halogenated alkanes) is 1. The number of benzene rings is 1. The lowest BCUT2D eigenvalue weighted by Gasteiger charge is -2.20. The molecule has 1 aliphatic heterocycles. The molecule has 0 spiro atoms. The van der Waals surface area contributed by atoms with Crippen LogP contribution in [0.1, 0.15) is 44.1 Å². The van der Waals surface area contributed by atoms with Gasteiger partial charge in [-0.05, 0) is 51.2 Å². The second-order valence-electron chi connectivity index (χ2n) is 5.73. The van der Waals surface area contributed by atoms with Crippen LogP contribution in [0.5, 0.6) is 0 Å². The lowest BCUT2D eigenvalue weighted by atomic mass is 10.0. The maximum atomic E-state index is 12.8. The van der Waals surface area contributed by atoms with Crippen LogP contribution >= 0.6 is 0 Å². The minimum atomic E-state index is -3.45. The fraction of sp³-hybridized carbons (Fsp3) is 0.444. The second-order valence-corrected chi connectivity index (χ2v) is 7.62. The summed E-state index contributed by atoms with van der Waals surface area (Å²) < 4.78 is 27.1. The molecule has 1 aromatic carbocycles. The van der Waals surface area contributed by atoms with Crippen molar-refractivity contribution in [1.82, 2.24) is 4.31 Å². The number of aryl methyl sites for hydroxylation is 1. The highest BCUT2D eigenvalue weighted by Gasteiger charge is 2.23. The number of rotatable bonds is 5. The third kappa shape index (κ3) is 4.14. The molecule has 1 aromatic rings. The zero-order valence-corrected chi connectivity index (χ0v) is 13.9. The Balaban J connectivity index is 2.22. The molecule has 2 rings (SSSR count). The molecule has 0 unspecified atom stereocenters. The maximum Gasteiger partial charge on any atom is 0.263 e. The summed E-state index contributed by atoms with van der Waals surface area (Å²) in [6.07, 6.45) is 12.5. The molecular weight excluding hydrogens is 294 g/mol. The molecule has 0 aromatic heterocycles. The van der Waals surface area contributed by atoms with E-state index in [2.05, 4.69) is 5.92 Å². The summed E-state index contributed by atoms with van der Waals surface area (Å²) in [5.41, 5.74) is 2.24. The lowest BCUT2D eigenvalue weighted by Crippen LogP contribution is -2.26. The highest BCUT2D eigenvalue weighted by atomic mass is 32.2. The fourth-order valence-corrected chi connectivity index (χ4v) is 4.00. The van der Waals surface area contributed by atoms with Crippen molar-refractivity contribution < 1.29 is 8.42 Å². The molecule has 0 radical (unpaired) electrons. The second kappa shape index (κ2) is 7.51. The average Bonchev–Trinajstić information content (AvgIpc) is 2.74. The van der Waals surface area contributed by atoms with Gasteiger partial charge in [0.15, 0.2) is 0 Å². The molecule has 0 saturated carbocycles. The van der Waals surface area contributed by atoms with Gasteiger partial charge in [0.25, 0.3) is 10.0 Å². The van der Waals surface area contributed by atoms with Crippen molar-refractivity contribution in [2.45, 2.75) is 50.3 Å². The van der Waals surface area contributed by atoms with Gasteiger partial charge in [0.2, 0.25) is 0 Å². The Kier molecular flexibility index (Phi) is 5.68. The van der Waals surface area contributed by atoms with Gasteiger partial charge in [0.05, 0.1) is 4.90 Å². The van der Waals surface area contributed by atoms with Gasteiger partial charge < -0.3 is 0 Å². The van der Waals surface area contributed by atoms with Crippen molar-refractivity contribution in [1.29, 1.82) is 0 Å². The Labute approximate surface area is 134 Å². The van der Waals surface area contributed by atoms with E-state index in [0.717, 1.165) is 44.1 Å². The molecule has 1 heterocycles. The summed E-state index contributed by atoms with van der Waals surface area (Å²) in [5.74, 6) is 2.64. The summed E-state index contributed by atoms with van der Waals surface area (Å²) in [6, 6.07) is 7.04. The molecule has 0 fully saturated rings. The standard InChI is InChI=1S/C18H23NO2S/c1-3-4-5-8-17-9-6-7-14-19(15-17)22(20,21)18-12-10-16(2)11-13-18/h1,10-13,15H,4-9,14H2,2H3. The molecule has 0 saturated heterocycles. The fourth-order valence-electron chi connectivity index (χ4n) is 2.59. The van der Waals surface area contributed by atoms with Gasteiger partial charge in [0.1, 0.15) is 0 Å². The number of hydrogen-bond acceptors (Lipinski definition) is 2. The largest absolute Gasteiger partial charge is 0.273 e. The molecule has 0 amide bonds. The van der Waals surface area contributed by atoms with Crippen LogP contribution in [0.3, 0.4) is 0 Å². The topological polar surface area (TPSA) is 37.4 Å². The van der Waals surface area contributed by atoms with Gasteiger partial charge in [-0.1, -0.05) is 23.3 Å². The van der Waals surface area contributed by atoms with Crippen molar-refractivity contribution in [3.8, 4) is 12.3 Å². The van der Waals surface area contributed by atoms with Crippen molar-refractivity contribution in [3.63, 3.8) is 0 Å². The Bertz CT molecular complexity index is 666. The highest BCUT2D eigenvalue weighted by Crippen LogP contribution is 2.25. The van der Waals surface area contributed by atoms with E-state index in [1.54, 1.807) is 12.1 Å². The minimum Gasteiger partial charge on any atom is -0.273 e. The first kappa shape index (κ1) is 16.6. The Morgan fingerprint density at radius 1 is 1.23 bits per heavy atom. The number of sulfonamides is 1. The Hall–Kier alpha value is -1.73. The van der Waals surface area contributed by atoms with E-state index < -0.39 is 10.0 Å². The van der Waals surface area contributed by atoms with Gasteiger partial charge >= 0.3 is 0 Å². The maximum absolute atomic E-state index is 12.8. The van der Waals surface area contributed by atoms with Crippen LogP contribution in [-0.2, 0) is 10.0 Å². The third-order valence-electron chi connectivity index (χ3n) is 3.90. The van der Waals surface area contributed by atoms with Crippen LogP contribution in [-0.4, -0.2) is 19.3 Å².